The van der Waals surface area contributed by atoms with E-state index < -0.39 is 28.3 Å². The van der Waals surface area contributed by atoms with Crippen molar-refractivity contribution in [3.05, 3.63) is 88.7 Å². The van der Waals surface area contributed by atoms with Crippen molar-refractivity contribution in [3.8, 4) is 5.75 Å². The quantitative estimate of drug-likeness (QED) is 0.448. The molecule has 0 atom stereocenters. The summed E-state index contributed by atoms with van der Waals surface area (Å²) in [5.41, 5.74) is 2.19. The van der Waals surface area contributed by atoms with Crippen LogP contribution in [0.15, 0.2) is 71.6 Å². The van der Waals surface area contributed by atoms with Gasteiger partial charge < -0.3 is 10.1 Å². The monoisotopic (exact) mass is 490 g/mol. The largest absolute Gasteiger partial charge is 0.492 e. The van der Waals surface area contributed by atoms with Crippen LogP contribution in [0.5, 0.6) is 5.75 Å². The number of halogens is 2. The van der Waals surface area contributed by atoms with Gasteiger partial charge in [-0.15, -0.1) is 0 Å². The van der Waals surface area contributed by atoms with Crippen LogP contribution in [-0.4, -0.2) is 34.0 Å². The lowest BCUT2D eigenvalue weighted by Crippen LogP contribution is -2.41. The van der Waals surface area contributed by atoms with E-state index in [9.17, 15) is 17.6 Å². The summed E-state index contributed by atoms with van der Waals surface area (Å²) in [7, 11) is -4.10. The van der Waals surface area contributed by atoms with E-state index >= 15 is 0 Å². The Balaban J connectivity index is 1.69. The average molecular weight is 491 g/mol. The summed E-state index contributed by atoms with van der Waals surface area (Å²) in [6.45, 7) is 3.66. The third kappa shape index (κ3) is 6.46. The molecule has 0 saturated heterocycles. The number of anilines is 1. The average Bonchev–Trinajstić information content (AvgIpc) is 2.78. The number of hydrogen-bond acceptors (Lipinski definition) is 4. The second kappa shape index (κ2) is 10.7. The van der Waals surface area contributed by atoms with Crippen molar-refractivity contribution in [2.24, 2.45) is 0 Å². The molecule has 0 aliphatic heterocycles. The van der Waals surface area contributed by atoms with E-state index in [2.05, 4.69) is 5.32 Å². The molecular weight excluding hydrogens is 467 g/mol. The third-order valence-corrected chi connectivity index (χ3v) is 7.04. The van der Waals surface area contributed by atoms with Gasteiger partial charge in [-0.05, 0) is 67.9 Å². The molecule has 0 aliphatic rings. The molecule has 6 nitrogen and oxygen atoms in total. The van der Waals surface area contributed by atoms with Gasteiger partial charge in [0.15, 0.2) is 0 Å². The predicted molar refractivity (Wildman–Crippen MR) is 127 cm³/mol. The molecule has 1 N–H and O–H groups in total. The Morgan fingerprint density at radius 2 is 1.70 bits per heavy atom. The molecule has 0 radical (unpaired) electrons. The van der Waals surface area contributed by atoms with Gasteiger partial charge in [-0.1, -0.05) is 35.4 Å². The highest BCUT2D eigenvalue weighted by molar-refractivity contribution is 7.92. The summed E-state index contributed by atoms with van der Waals surface area (Å²) in [5.74, 6) is -0.490. The second-order valence-electron chi connectivity index (χ2n) is 7.41. The zero-order chi connectivity index (χ0) is 24.0. The molecule has 174 valence electrons. The highest BCUT2D eigenvalue weighted by Gasteiger charge is 2.27. The van der Waals surface area contributed by atoms with E-state index in [1.165, 1.54) is 12.1 Å². The number of ether oxygens (including phenoxy) is 1. The van der Waals surface area contributed by atoms with Gasteiger partial charge in [0, 0.05) is 5.02 Å². The first-order valence-corrected chi connectivity index (χ1v) is 12.0. The first-order chi connectivity index (χ1) is 15.7. The summed E-state index contributed by atoms with van der Waals surface area (Å²) in [6.07, 6.45) is 0. The molecule has 9 heteroatoms. The summed E-state index contributed by atoms with van der Waals surface area (Å²) < 4.78 is 46.3. The summed E-state index contributed by atoms with van der Waals surface area (Å²) in [6, 6.07) is 16.5. The lowest BCUT2D eigenvalue weighted by Gasteiger charge is -2.24. The Kier molecular flexibility index (Phi) is 7.94. The van der Waals surface area contributed by atoms with Crippen molar-refractivity contribution in [2.75, 3.05) is 24.0 Å². The van der Waals surface area contributed by atoms with E-state index in [0.29, 0.717) is 16.5 Å². The van der Waals surface area contributed by atoms with Crippen molar-refractivity contribution in [1.82, 2.24) is 5.32 Å². The number of aryl methyl sites for hydroxylation is 2. The minimum atomic E-state index is -4.10. The third-order valence-electron chi connectivity index (χ3n) is 4.85. The molecule has 0 fully saturated rings. The lowest BCUT2D eigenvalue weighted by molar-refractivity contribution is -0.119. The van der Waals surface area contributed by atoms with Gasteiger partial charge in [-0.25, -0.2) is 12.8 Å². The Bertz CT molecular complexity index is 1220. The molecule has 3 aromatic carbocycles. The Morgan fingerprint density at radius 1 is 1.03 bits per heavy atom. The van der Waals surface area contributed by atoms with E-state index in [1.54, 1.807) is 36.4 Å². The van der Waals surface area contributed by atoms with Crippen LogP contribution in [0.1, 0.15) is 11.1 Å². The summed E-state index contributed by atoms with van der Waals surface area (Å²) in [4.78, 5) is 12.5. The molecule has 0 spiro atoms. The van der Waals surface area contributed by atoms with Crippen LogP contribution in [0.2, 0.25) is 5.02 Å². The molecule has 33 heavy (non-hydrogen) atoms. The Hall–Kier alpha value is -3.10. The van der Waals surface area contributed by atoms with Crippen molar-refractivity contribution < 1.29 is 22.3 Å². The predicted octanol–water partition coefficient (Wildman–Crippen LogP) is 4.49. The number of sulfonamides is 1. The molecule has 0 bridgehead atoms. The van der Waals surface area contributed by atoms with Crippen LogP contribution in [-0.2, 0) is 14.8 Å². The van der Waals surface area contributed by atoms with Crippen molar-refractivity contribution in [2.45, 2.75) is 18.7 Å². The highest BCUT2D eigenvalue weighted by Crippen LogP contribution is 2.24. The van der Waals surface area contributed by atoms with Gasteiger partial charge in [0.25, 0.3) is 10.0 Å². The van der Waals surface area contributed by atoms with Gasteiger partial charge >= 0.3 is 0 Å². The van der Waals surface area contributed by atoms with Crippen LogP contribution in [0.25, 0.3) is 0 Å². The normalized spacial score (nSPS) is 11.2. The van der Waals surface area contributed by atoms with Crippen LogP contribution >= 0.6 is 11.6 Å². The lowest BCUT2D eigenvalue weighted by atomic mass is 10.2. The van der Waals surface area contributed by atoms with Crippen LogP contribution in [0, 0.1) is 19.7 Å². The van der Waals surface area contributed by atoms with Gasteiger partial charge in [0.2, 0.25) is 5.91 Å². The minimum Gasteiger partial charge on any atom is -0.492 e. The first-order valence-electron chi connectivity index (χ1n) is 10.2. The molecule has 3 aromatic rings. The van der Waals surface area contributed by atoms with Crippen molar-refractivity contribution in [3.63, 3.8) is 0 Å². The number of nitrogens with one attached hydrogen (secondary N) is 1. The summed E-state index contributed by atoms with van der Waals surface area (Å²) in [5, 5.41) is 3.24. The second-order valence-corrected chi connectivity index (χ2v) is 9.68. The topological polar surface area (TPSA) is 75.7 Å². The number of carbonyl (C=O) groups is 1. The fourth-order valence-electron chi connectivity index (χ4n) is 2.97. The SMILES string of the molecule is Cc1ccc(N(CC(=O)NCCOc2ccc(C)c(Cl)c2)S(=O)(=O)c2ccc(F)cc2)cc1. The van der Waals surface area contributed by atoms with Crippen molar-refractivity contribution in [1.29, 1.82) is 0 Å². The van der Waals surface area contributed by atoms with E-state index in [-0.39, 0.29) is 18.0 Å². The number of amides is 1. The molecule has 3 rings (SSSR count). The zero-order valence-corrected chi connectivity index (χ0v) is 19.8. The molecule has 0 saturated carbocycles. The fraction of sp³-hybridized carbons (Fsp3) is 0.208. The molecular formula is C24H24ClFN2O4S. The minimum absolute atomic E-state index is 0.114. The molecule has 0 unspecified atom stereocenters. The highest BCUT2D eigenvalue weighted by atomic mass is 35.5. The molecule has 0 aliphatic carbocycles. The first kappa shape index (κ1) is 24.5. The number of rotatable bonds is 9. The van der Waals surface area contributed by atoms with E-state index in [4.69, 9.17) is 16.3 Å². The van der Waals surface area contributed by atoms with Crippen LogP contribution in [0.4, 0.5) is 10.1 Å². The number of hydrogen-bond donors (Lipinski definition) is 1. The standard InChI is InChI=1S/C24H24ClFN2O4S/c1-17-3-8-20(9-4-17)28(33(30,31)22-11-6-19(26)7-12-22)16-24(29)27-13-14-32-21-10-5-18(2)23(25)15-21/h3-12,15H,13-14,16H2,1-2H3,(H,27,29). The number of carbonyl (C=O) groups excluding carboxylic acids is 1. The molecule has 0 heterocycles. The Morgan fingerprint density at radius 3 is 2.33 bits per heavy atom. The van der Waals surface area contributed by atoms with Gasteiger partial charge in [-0.2, -0.15) is 0 Å². The maximum absolute atomic E-state index is 13.3. The van der Waals surface area contributed by atoms with E-state index in [0.717, 1.165) is 27.6 Å². The number of benzene rings is 3. The molecule has 0 aromatic heterocycles. The maximum atomic E-state index is 13.3. The van der Waals surface area contributed by atoms with Gasteiger partial charge in [0.05, 0.1) is 17.1 Å². The van der Waals surface area contributed by atoms with Gasteiger partial charge in [0.1, 0.15) is 24.7 Å². The smallest absolute Gasteiger partial charge is 0.264 e. The van der Waals surface area contributed by atoms with Crippen LogP contribution in [0.3, 0.4) is 0 Å². The maximum Gasteiger partial charge on any atom is 0.264 e. The number of nitrogens with zero attached hydrogens (tertiary/aromatic N) is 1. The Labute approximate surface area is 198 Å². The fourth-order valence-corrected chi connectivity index (χ4v) is 4.56. The van der Waals surface area contributed by atoms with E-state index in [1.807, 2.05) is 19.9 Å². The van der Waals surface area contributed by atoms with Crippen molar-refractivity contribution >= 4 is 33.2 Å². The van der Waals surface area contributed by atoms with Crippen LogP contribution < -0.4 is 14.4 Å². The van der Waals surface area contributed by atoms with Gasteiger partial charge in [-0.3, -0.25) is 9.10 Å². The summed E-state index contributed by atoms with van der Waals surface area (Å²) >= 11 is 6.07. The molecule has 1 amide bonds. The zero-order valence-electron chi connectivity index (χ0n) is 18.2.